The minimum absolute atomic E-state index is 0.886. The lowest BCUT2D eigenvalue weighted by Crippen LogP contribution is -1.92. The van der Waals surface area contributed by atoms with Crippen LogP contribution >= 0.6 is 0 Å². The lowest BCUT2D eigenvalue weighted by Gasteiger charge is -2.19. The van der Waals surface area contributed by atoms with E-state index < -0.39 is 0 Å². The molecule has 0 fully saturated rings. The van der Waals surface area contributed by atoms with Crippen molar-refractivity contribution in [1.82, 2.24) is 0 Å². The molecule has 0 bridgehead atoms. The van der Waals surface area contributed by atoms with E-state index in [9.17, 15) is 0 Å². The molecule has 0 unspecified atom stereocenters. The van der Waals surface area contributed by atoms with Gasteiger partial charge in [0.25, 0.3) is 0 Å². The van der Waals surface area contributed by atoms with Crippen LogP contribution < -0.4 is 0 Å². The largest absolute Gasteiger partial charge is 0.455 e. The van der Waals surface area contributed by atoms with Crippen LogP contribution in [0, 0.1) is 0 Å². The molecule has 0 N–H and O–H groups in total. The second-order valence-corrected chi connectivity index (χ2v) is 13.6. The molecule has 2 heterocycles. The molecule has 0 atom stereocenters. The van der Waals surface area contributed by atoms with Crippen LogP contribution in [0.25, 0.3) is 110 Å². The van der Waals surface area contributed by atoms with Crippen LogP contribution in [-0.4, -0.2) is 0 Å². The fraction of sp³-hybridized carbons (Fsp3) is 0. The number of hydrogen-bond acceptors (Lipinski definition) is 2. The molecule has 52 heavy (non-hydrogen) atoms. The molecular weight excluding hydrogens is 633 g/mol. The van der Waals surface area contributed by atoms with Crippen LogP contribution in [0.4, 0.5) is 0 Å². The van der Waals surface area contributed by atoms with Gasteiger partial charge in [-0.15, -0.1) is 0 Å². The zero-order valence-electron chi connectivity index (χ0n) is 28.1. The average molecular weight is 663 g/mol. The smallest absolute Gasteiger partial charge is 0.143 e. The lowest BCUT2D eigenvalue weighted by atomic mass is 9.84. The first-order chi connectivity index (χ1) is 25.8. The second kappa shape index (κ2) is 11.3. The van der Waals surface area contributed by atoms with E-state index in [4.69, 9.17) is 8.83 Å². The third-order valence-electron chi connectivity index (χ3n) is 10.7. The molecule has 2 aromatic heterocycles. The summed E-state index contributed by atoms with van der Waals surface area (Å²) < 4.78 is 13.7. The van der Waals surface area contributed by atoms with Gasteiger partial charge in [-0.25, -0.2) is 0 Å². The van der Waals surface area contributed by atoms with Gasteiger partial charge >= 0.3 is 0 Å². The average Bonchev–Trinajstić information content (AvgIpc) is 3.80. The number of fused-ring (bicyclic) bond motifs is 10. The molecule has 9 aromatic carbocycles. The van der Waals surface area contributed by atoms with Crippen LogP contribution in [0.1, 0.15) is 0 Å². The molecule has 242 valence electrons. The van der Waals surface area contributed by atoms with Crippen molar-refractivity contribution in [2.24, 2.45) is 0 Å². The minimum atomic E-state index is 0.886. The third kappa shape index (κ3) is 4.31. The Morgan fingerprint density at radius 2 is 0.558 bits per heavy atom. The first kappa shape index (κ1) is 28.9. The molecule has 2 heteroatoms. The van der Waals surface area contributed by atoms with Gasteiger partial charge in [-0.3, -0.25) is 0 Å². The minimum Gasteiger partial charge on any atom is -0.455 e. The Hall–Kier alpha value is -6.90. The van der Waals surface area contributed by atoms with Crippen molar-refractivity contribution in [3.05, 3.63) is 182 Å². The monoisotopic (exact) mass is 662 g/mol. The summed E-state index contributed by atoms with van der Waals surface area (Å²) >= 11 is 0. The predicted molar refractivity (Wildman–Crippen MR) is 218 cm³/mol. The Morgan fingerprint density at radius 3 is 0.981 bits per heavy atom. The summed E-state index contributed by atoms with van der Waals surface area (Å²) in [6.45, 7) is 0. The summed E-state index contributed by atoms with van der Waals surface area (Å²) in [7, 11) is 0. The Morgan fingerprint density at radius 1 is 0.231 bits per heavy atom. The summed E-state index contributed by atoms with van der Waals surface area (Å²) in [5.41, 5.74) is 12.9. The van der Waals surface area contributed by atoms with Crippen LogP contribution in [0.3, 0.4) is 0 Å². The normalized spacial score (nSPS) is 11.8. The van der Waals surface area contributed by atoms with Crippen molar-refractivity contribution in [2.75, 3.05) is 0 Å². The van der Waals surface area contributed by atoms with Gasteiger partial charge in [0.05, 0.1) is 0 Å². The predicted octanol–water partition coefficient (Wildman–Crippen LogP) is 14.5. The maximum absolute atomic E-state index is 6.85. The van der Waals surface area contributed by atoms with Gasteiger partial charge in [0.1, 0.15) is 22.3 Å². The molecule has 0 saturated carbocycles. The first-order valence-electron chi connectivity index (χ1n) is 17.8. The molecule has 0 aliphatic heterocycles. The number of furan rings is 2. The highest BCUT2D eigenvalue weighted by atomic mass is 16.3. The van der Waals surface area contributed by atoms with E-state index in [0.29, 0.717) is 0 Å². The molecule has 2 nitrogen and oxygen atoms in total. The molecular formula is C50H30O2. The Labute approximate surface area is 299 Å². The van der Waals surface area contributed by atoms with E-state index in [1.807, 2.05) is 12.1 Å². The summed E-state index contributed by atoms with van der Waals surface area (Å²) in [6.07, 6.45) is 0. The molecule has 11 aromatic rings. The van der Waals surface area contributed by atoms with Crippen molar-refractivity contribution in [2.45, 2.75) is 0 Å². The molecule has 0 radical (unpaired) electrons. The summed E-state index contributed by atoms with van der Waals surface area (Å²) in [4.78, 5) is 0. The highest BCUT2D eigenvalue weighted by molar-refractivity contribution is 6.33. The number of para-hydroxylation sites is 2. The highest BCUT2D eigenvalue weighted by Crippen LogP contribution is 2.50. The van der Waals surface area contributed by atoms with E-state index in [1.165, 1.54) is 22.3 Å². The maximum Gasteiger partial charge on any atom is 0.143 e. The van der Waals surface area contributed by atoms with Crippen LogP contribution in [0.2, 0.25) is 0 Å². The lowest BCUT2D eigenvalue weighted by molar-refractivity contribution is 0.672. The molecule has 0 aliphatic rings. The van der Waals surface area contributed by atoms with Gasteiger partial charge in [0.15, 0.2) is 0 Å². The van der Waals surface area contributed by atoms with E-state index in [0.717, 1.165) is 87.7 Å². The van der Waals surface area contributed by atoms with Crippen LogP contribution in [-0.2, 0) is 0 Å². The van der Waals surface area contributed by atoms with Crippen molar-refractivity contribution in [3.8, 4) is 44.5 Å². The van der Waals surface area contributed by atoms with Crippen molar-refractivity contribution < 1.29 is 8.83 Å². The van der Waals surface area contributed by atoms with Crippen LogP contribution in [0.15, 0.2) is 191 Å². The van der Waals surface area contributed by atoms with Crippen LogP contribution in [0.5, 0.6) is 0 Å². The van der Waals surface area contributed by atoms with Gasteiger partial charge < -0.3 is 8.83 Å². The van der Waals surface area contributed by atoms with Gasteiger partial charge in [0.2, 0.25) is 0 Å². The summed E-state index contributed by atoms with van der Waals surface area (Å²) in [6, 6.07) is 64.9. The number of rotatable bonds is 4. The Balaban J connectivity index is 1.30. The van der Waals surface area contributed by atoms with E-state index in [-0.39, 0.29) is 0 Å². The number of hydrogen-bond donors (Lipinski definition) is 0. The standard InChI is InChI=1S/C50H30O2/c1-3-11-31(12-4-1)33-19-23-35(24-20-33)45-41-29-27-40-38-16-8-10-18-44(38)52-50(40)48(41)46(36-25-21-34(22-26-36)32-13-5-2-6-14-32)42-30-28-39-37-15-7-9-17-43(37)51-49(39)47(42)45/h1-30H. The Kier molecular flexibility index (Phi) is 6.28. The summed E-state index contributed by atoms with van der Waals surface area (Å²) in [5.74, 6) is 0. The molecule has 0 saturated heterocycles. The number of benzene rings is 9. The quantitative estimate of drug-likeness (QED) is 0.175. The Bertz CT molecular complexity index is 2910. The highest BCUT2D eigenvalue weighted by Gasteiger charge is 2.24. The van der Waals surface area contributed by atoms with Crippen molar-refractivity contribution >= 4 is 65.4 Å². The van der Waals surface area contributed by atoms with E-state index in [2.05, 4.69) is 170 Å². The first-order valence-corrected chi connectivity index (χ1v) is 17.8. The fourth-order valence-corrected chi connectivity index (χ4v) is 8.28. The van der Waals surface area contributed by atoms with E-state index in [1.54, 1.807) is 0 Å². The summed E-state index contributed by atoms with van der Waals surface area (Å²) in [5, 5.41) is 8.91. The van der Waals surface area contributed by atoms with Crippen molar-refractivity contribution in [3.63, 3.8) is 0 Å². The zero-order valence-corrected chi connectivity index (χ0v) is 28.1. The third-order valence-corrected chi connectivity index (χ3v) is 10.7. The van der Waals surface area contributed by atoms with Crippen molar-refractivity contribution in [1.29, 1.82) is 0 Å². The molecule has 0 aliphatic carbocycles. The van der Waals surface area contributed by atoms with E-state index >= 15 is 0 Å². The molecule has 11 rings (SSSR count). The zero-order chi connectivity index (χ0) is 34.2. The molecule has 0 amide bonds. The van der Waals surface area contributed by atoms with Gasteiger partial charge in [0, 0.05) is 43.4 Å². The topological polar surface area (TPSA) is 26.3 Å². The van der Waals surface area contributed by atoms with Gasteiger partial charge in [-0.2, -0.15) is 0 Å². The van der Waals surface area contributed by atoms with Gasteiger partial charge in [-0.05, 0) is 68.4 Å². The second-order valence-electron chi connectivity index (χ2n) is 13.6. The fourth-order valence-electron chi connectivity index (χ4n) is 8.28. The molecule has 0 spiro atoms. The SMILES string of the molecule is c1ccc(-c2ccc(-c3c4ccc5c6ccccc6oc5c4c(-c4ccc(-c5ccccc5)cc4)c4ccc5c6ccccc6oc5c34)cc2)cc1. The maximum atomic E-state index is 6.85. The van der Waals surface area contributed by atoms with Gasteiger partial charge in [-0.1, -0.05) is 158 Å².